The summed E-state index contributed by atoms with van der Waals surface area (Å²) in [5.74, 6) is 0.519. The molecule has 4 heteroatoms. The van der Waals surface area contributed by atoms with Gasteiger partial charge in [-0.3, -0.25) is 0 Å². The second-order valence-electron chi connectivity index (χ2n) is 8.30. The number of urea groups is 1. The molecule has 4 nitrogen and oxygen atoms in total. The minimum atomic E-state index is 0.0774. The van der Waals surface area contributed by atoms with E-state index in [1.807, 2.05) is 11.9 Å². The van der Waals surface area contributed by atoms with Gasteiger partial charge in [-0.25, -0.2) is 4.79 Å². The molecular formula is C20H31N3O. The van der Waals surface area contributed by atoms with Crippen molar-refractivity contribution in [3.05, 3.63) is 35.4 Å². The Kier molecular flexibility index (Phi) is 4.86. The highest BCUT2D eigenvalue weighted by Gasteiger charge is 2.34. The minimum absolute atomic E-state index is 0.0774. The maximum Gasteiger partial charge on any atom is 0.317 e. The third-order valence-corrected chi connectivity index (χ3v) is 5.90. The lowest BCUT2D eigenvalue weighted by atomic mass is 9.87. The molecule has 2 aliphatic rings. The van der Waals surface area contributed by atoms with Gasteiger partial charge < -0.3 is 15.1 Å². The zero-order valence-electron chi connectivity index (χ0n) is 15.5. The van der Waals surface area contributed by atoms with Crippen LogP contribution in [0.25, 0.3) is 0 Å². The van der Waals surface area contributed by atoms with Crippen molar-refractivity contribution >= 4 is 6.03 Å². The molecule has 0 spiro atoms. The van der Waals surface area contributed by atoms with Gasteiger partial charge in [0.05, 0.1) is 0 Å². The molecule has 2 atom stereocenters. The van der Waals surface area contributed by atoms with Gasteiger partial charge in [0.2, 0.25) is 0 Å². The number of fused-ring (bicyclic) bond motifs is 1. The highest BCUT2D eigenvalue weighted by molar-refractivity contribution is 5.74. The van der Waals surface area contributed by atoms with Crippen LogP contribution in [0.2, 0.25) is 0 Å². The lowest BCUT2D eigenvalue weighted by molar-refractivity contribution is 0.106. The Labute approximate surface area is 146 Å². The van der Waals surface area contributed by atoms with E-state index < -0.39 is 0 Å². The molecule has 1 N–H and O–H groups in total. The topological polar surface area (TPSA) is 35.6 Å². The van der Waals surface area contributed by atoms with E-state index in [1.165, 1.54) is 11.1 Å². The van der Waals surface area contributed by atoms with Crippen molar-refractivity contribution < 1.29 is 4.79 Å². The first-order valence-corrected chi connectivity index (χ1v) is 9.14. The quantitative estimate of drug-likeness (QED) is 0.925. The second kappa shape index (κ2) is 6.75. The van der Waals surface area contributed by atoms with Gasteiger partial charge in [-0.2, -0.15) is 0 Å². The van der Waals surface area contributed by atoms with Gasteiger partial charge in [0, 0.05) is 26.2 Å². The zero-order valence-corrected chi connectivity index (χ0v) is 15.5. The van der Waals surface area contributed by atoms with Crippen molar-refractivity contribution in [1.29, 1.82) is 0 Å². The summed E-state index contributed by atoms with van der Waals surface area (Å²) < 4.78 is 0. The lowest BCUT2D eigenvalue weighted by Crippen LogP contribution is -2.53. The lowest BCUT2D eigenvalue weighted by Gasteiger charge is -2.40. The number of hydrogen-bond acceptors (Lipinski definition) is 2. The molecular weight excluding hydrogens is 298 g/mol. The Morgan fingerprint density at radius 2 is 1.96 bits per heavy atom. The van der Waals surface area contributed by atoms with Crippen molar-refractivity contribution in [2.24, 2.45) is 11.3 Å². The summed E-state index contributed by atoms with van der Waals surface area (Å²) >= 11 is 0. The molecule has 1 heterocycles. The van der Waals surface area contributed by atoms with E-state index in [4.69, 9.17) is 0 Å². The van der Waals surface area contributed by atoms with Gasteiger partial charge in [-0.1, -0.05) is 38.1 Å². The third kappa shape index (κ3) is 3.59. The van der Waals surface area contributed by atoms with Crippen LogP contribution in [0.5, 0.6) is 0 Å². The number of rotatable bonds is 3. The summed E-state index contributed by atoms with van der Waals surface area (Å²) in [4.78, 5) is 16.9. The average Bonchev–Trinajstić information content (AvgIpc) is 2.88. The molecule has 0 unspecified atom stereocenters. The van der Waals surface area contributed by atoms with Gasteiger partial charge in [0.15, 0.2) is 0 Å². The number of carbonyl (C=O) groups excluding carboxylic acids is 1. The summed E-state index contributed by atoms with van der Waals surface area (Å²) in [5.41, 5.74) is 3.01. The summed E-state index contributed by atoms with van der Waals surface area (Å²) in [5, 5.41) is 3.20. The average molecular weight is 329 g/mol. The van der Waals surface area contributed by atoms with E-state index in [2.05, 4.69) is 55.4 Å². The number of hydrogen-bond donors (Lipinski definition) is 1. The Morgan fingerprint density at radius 1 is 1.33 bits per heavy atom. The Morgan fingerprint density at radius 3 is 2.54 bits per heavy atom. The molecule has 1 fully saturated rings. The fourth-order valence-corrected chi connectivity index (χ4v) is 4.49. The molecule has 1 aliphatic carbocycles. The van der Waals surface area contributed by atoms with Gasteiger partial charge in [-0.15, -0.1) is 0 Å². The number of benzene rings is 1. The van der Waals surface area contributed by atoms with E-state index in [0.717, 1.165) is 38.9 Å². The van der Waals surface area contributed by atoms with Gasteiger partial charge in [0.1, 0.15) is 0 Å². The molecule has 0 aromatic heterocycles. The Bertz CT molecular complexity index is 575. The summed E-state index contributed by atoms with van der Waals surface area (Å²) in [7, 11) is 4.11. The van der Waals surface area contributed by atoms with E-state index in [0.29, 0.717) is 12.0 Å². The highest BCUT2D eigenvalue weighted by atomic mass is 16.2. The van der Waals surface area contributed by atoms with Crippen molar-refractivity contribution in [1.82, 2.24) is 15.1 Å². The fourth-order valence-electron chi connectivity index (χ4n) is 4.49. The molecule has 24 heavy (non-hydrogen) atoms. The van der Waals surface area contributed by atoms with Crippen LogP contribution < -0.4 is 5.32 Å². The van der Waals surface area contributed by atoms with Crippen LogP contribution in [0.3, 0.4) is 0 Å². The first kappa shape index (κ1) is 17.3. The largest absolute Gasteiger partial charge is 0.337 e. The Hall–Kier alpha value is -1.55. The maximum absolute atomic E-state index is 12.6. The molecule has 1 saturated heterocycles. The number of nitrogens with zero attached hydrogens (tertiary/aromatic N) is 2. The normalized spacial score (nSPS) is 26.0. The van der Waals surface area contributed by atoms with Gasteiger partial charge in [-0.05, 0) is 55.3 Å². The molecule has 0 saturated carbocycles. The van der Waals surface area contributed by atoms with Gasteiger partial charge in [0.25, 0.3) is 0 Å². The minimum Gasteiger partial charge on any atom is -0.337 e. The van der Waals surface area contributed by atoms with Crippen molar-refractivity contribution in [3.63, 3.8) is 0 Å². The monoisotopic (exact) mass is 329 g/mol. The number of piperidine rings is 1. The Balaban J connectivity index is 1.54. The van der Waals surface area contributed by atoms with E-state index >= 15 is 0 Å². The maximum atomic E-state index is 12.6. The van der Waals surface area contributed by atoms with Crippen LogP contribution in [-0.2, 0) is 12.8 Å². The number of nitrogens with one attached hydrogen (secondary N) is 1. The first-order chi connectivity index (χ1) is 11.4. The SMILES string of the molecule is C[C@H]1CN(C)CC[C@H]1N(C)C(=O)NCC1(C)Cc2ccccc2C1. The van der Waals surface area contributed by atoms with Crippen LogP contribution in [0.1, 0.15) is 31.4 Å². The van der Waals surface area contributed by atoms with Crippen molar-refractivity contribution in [2.75, 3.05) is 33.7 Å². The van der Waals surface area contributed by atoms with E-state index in [9.17, 15) is 4.79 Å². The second-order valence-corrected chi connectivity index (χ2v) is 8.30. The third-order valence-electron chi connectivity index (χ3n) is 5.90. The highest BCUT2D eigenvalue weighted by Crippen LogP contribution is 2.36. The molecule has 132 valence electrons. The van der Waals surface area contributed by atoms with Crippen LogP contribution >= 0.6 is 0 Å². The molecule has 0 radical (unpaired) electrons. The molecule has 1 aromatic carbocycles. The van der Waals surface area contributed by atoms with Crippen molar-refractivity contribution in [2.45, 2.75) is 39.2 Å². The van der Waals surface area contributed by atoms with Crippen molar-refractivity contribution in [3.8, 4) is 0 Å². The molecule has 0 bridgehead atoms. The summed E-state index contributed by atoms with van der Waals surface area (Å²) in [6.45, 7) is 7.41. The number of likely N-dealkylation sites (tertiary alicyclic amines) is 1. The van der Waals surface area contributed by atoms with E-state index in [-0.39, 0.29) is 11.4 Å². The molecule has 3 rings (SSSR count). The van der Waals surface area contributed by atoms with Crippen LogP contribution in [0.15, 0.2) is 24.3 Å². The predicted molar refractivity (Wildman–Crippen MR) is 98.2 cm³/mol. The smallest absolute Gasteiger partial charge is 0.317 e. The van der Waals surface area contributed by atoms with Crippen LogP contribution in [-0.4, -0.2) is 55.6 Å². The van der Waals surface area contributed by atoms with E-state index in [1.54, 1.807) is 0 Å². The predicted octanol–water partition coefficient (Wildman–Crippen LogP) is 2.77. The number of amides is 2. The van der Waals surface area contributed by atoms with Crippen LogP contribution in [0.4, 0.5) is 4.79 Å². The van der Waals surface area contributed by atoms with Crippen LogP contribution in [0, 0.1) is 11.3 Å². The summed E-state index contributed by atoms with van der Waals surface area (Å²) in [6.07, 6.45) is 3.17. The summed E-state index contributed by atoms with van der Waals surface area (Å²) in [6, 6.07) is 9.07. The molecule has 1 aromatic rings. The molecule has 2 amide bonds. The van der Waals surface area contributed by atoms with Gasteiger partial charge >= 0.3 is 6.03 Å². The standard InChI is InChI=1S/C20H31N3O/c1-15-13-22(3)10-9-18(15)23(4)19(24)21-14-20(2)11-16-7-5-6-8-17(16)12-20/h5-8,15,18H,9-14H2,1-4H3,(H,21,24)/t15-,18+/m0/s1. The first-order valence-electron chi connectivity index (χ1n) is 9.14. The molecule has 1 aliphatic heterocycles. The number of carbonyl (C=O) groups is 1. The zero-order chi connectivity index (χ0) is 17.3. The fraction of sp³-hybridized carbons (Fsp3) is 0.650.